The van der Waals surface area contributed by atoms with Gasteiger partial charge in [-0.25, -0.2) is 5.43 Å². The molecule has 0 aromatic heterocycles. The Hall–Kier alpha value is -1.10. The molecule has 1 saturated heterocycles. The molecule has 0 bridgehead atoms. The molecule has 14 heavy (non-hydrogen) atoms. The second-order valence-corrected chi connectivity index (χ2v) is 3.42. The zero-order chi connectivity index (χ0) is 10.0. The van der Waals surface area contributed by atoms with Crippen LogP contribution in [0.25, 0.3) is 0 Å². The first-order valence-corrected chi connectivity index (χ1v) is 4.51. The van der Waals surface area contributed by atoms with Gasteiger partial charge in [0.25, 0.3) is 0 Å². The molecule has 76 valence electrons. The fraction of sp³-hybridized carbons (Fsp3) is 0.400. The summed E-state index contributed by atoms with van der Waals surface area (Å²) in [6.07, 6.45) is 0. The summed E-state index contributed by atoms with van der Waals surface area (Å²) in [4.78, 5) is 0. The molecule has 0 radical (unpaired) electrons. The van der Waals surface area contributed by atoms with Crippen molar-refractivity contribution in [3.8, 4) is 5.75 Å². The van der Waals surface area contributed by atoms with Crippen LogP contribution in [0, 0.1) is 0 Å². The normalized spacial score (nSPS) is 18.7. The maximum absolute atomic E-state index is 5.54. The average molecular weight is 194 g/mol. The molecule has 0 atom stereocenters. The average Bonchev–Trinajstić information content (AvgIpc) is 2.18. The third-order valence-electron chi connectivity index (χ3n) is 2.60. The van der Waals surface area contributed by atoms with Crippen LogP contribution in [-0.4, -0.2) is 20.3 Å². The predicted octanol–water partition coefficient (Wildman–Crippen LogP) is 0.384. The van der Waals surface area contributed by atoms with Gasteiger partial charge in [0.2, 0.25) is 0 Å². The maximum atomic E-state index is 5.54. The van der Waals surface area contributed by atoms with E-state index in [9.17, 15) is 0 Å². The summed E-state index contributed by atoms with van der Waals surface area (Å²) in [7, 11) is 1.66. The number of para-hydroxylation sites is 1. The Bertz CT molecular complexity index is 318. The van der Waals surface area contributed by atoms with E-state index in [-0.39, 0.29) is 5.54 Å². The summed E-state index contributed by atoms with van der Waals surface area (Å²) in [5.41, 5.74) is 3.58. The van der Waals surface area contributed by atoms with Crippen LogP contribution in [0.2, 0.25) is 0 Å². The van der Waals surface area contributed by atoms with Crippen molar-refractivity contribution in [2.75, 3.05) is 20.3 Å². The van der Waals surface area contributed by atoms with Gasteiger partial charge in [0, 0.05) is 5.56 Å². The largest absolute Gasteiger partial charge is 0.496 e. The van der Waals surface area contributed by atoms with Gasteiger partial charge in [-0.15, -0.1) is 0 Å². The number of benzene rings is 1. The molecule has 0 aliphatic carbocycles. The standard InChI is InChI=1S/C10H14N2O2/c1-13-9-5-3-2-4-8(9)10(12-11)6-14-7-10/h2-5,12H,6-7,11H2,1H3. The lowest BCUT2D eigenvalue weighted by molar-refractivity contribution is -0.0795. The SMILES string of the molecule is COc1ccccc1C1(NN)COC1. The molecule has 0 amide bonds. The van der Waals surface area contributed by atoms with Crippen molar-refractivity contribution in [1.29, 1.82) is 0 Å². The summed E-state index contributed by atoms with van der Waals surface area (Å²) in [6.45, 7) is 1.17. The van der Waals surface area contributed by atoms with Crippen LogP contribution in [0.4, 0.5) is 0 Å². The monoisotopic (exact) mass is 194 g/mol. The first-order valence-electron chi connectivity index (χ1n) is 4.51. The molecule has 2 rings (SSSR count). The molecule has 1 aromatic carbocycles. The number of methoxy groups -OCH3 is 1. The molecule has 0 saturated carbocycles. The van der Waals surface area contributed by atoms with Crippen molar-refractivity contribution in [2.45, 2.75) is 5.54 Å². The maximum Gasteiger partial charge on any atom is 0.124 e. The van der Waals surface area contributed by atoms with E-state index in [0.29, 0.717) is 13.2 Å². The number of hydrazine groups is 1. The Balaban J connectivity index is 2.38. The van der Waals surface area contributed by atoms with Crippen molar-refractivity contribution in [3.05, 3.63) is 29.8 Å². The Morgan fingerprint density at radius 3 is 2.64 bits per heavy atom. The van der Waals surface area contributed by atoms with E-state index in [1.165, 1.54) is 0 Å². The highest BCUT2D eigenvalue weighted by molar-refractivity contribution is 5.40. The van der Waals surface area contributed by atoms with E-state index in [2.05, 4.69) is 5.43 Å². The van der Waals surface area contributed by atoms with Crippen molar-refractivity contribution in [2.24, 2.45) is 5.84 Å². The number of ether oxygens (including phenoxy) is 2. The second kappa shape index (κ2) is 3.57. The fourth-order valence-electron chi connectivity index (χ4n) is 1.66. The molecule has 1 aliphatic rings. The van der Waals surface area contributed by atoms with Crippen LogP contribution in [0.1, 0.15) is 5.56 Å². The molecule has 1 aliphatic heterocycles. The highest BCUT2D eigenvalue weighted by Gasteiger charge is 2.41. The lowest BCUT2D eigenvalue weighted by Crippen LogP contribution is -2.60. The highest BCUT2D eigenvalue weighted by Crippen LogP contribution is 2.34. The van der Waals surface area contributed by atoms with Crippen LogP contribution in [0.3, 0.4) is 0 Å². The molecule has 4 heteroatoms. The summed E-state index contributed by atoms with van der Waals surface area (Å²) in [5, 5.41) is 0. The third kappa shape index (κ3) is 1.28. The van der Waals surface area contributed by atoms with Gasteiger partial charge in [-0.05, 0) is 6.07 Å². The van der Waals surface area contributed by atoms with E-state index >= 15 is 0 Å². The predicted molar refractivity (Wildman–Crippen MR) is 52.8 cm³/mol. The van der Waals surface area contributed by atoms with Gasteiger partial charge in [-0.2, -0.15) is 0 Å². The first-order chi connectivity index (χ1) is 6.82. The molecule has 0 spiro atoms. The van der Waals surface area contributed by atoms with Crippen LogP contribution in [-0.2, 0) is 10.3 Å². The minimum absolute atomic E-state index is 0.271. The van der Waals surface area contributed by atoms with Gasteiger partial charge in [0.05, 0.1) is 20.3 Å². The van der Waals surface area contributed by atoms with Gasteiger partial charge in [-0.3, -0.25) is 5.84 Å². The number of hydrogen-bond acceptors (Lipinski definition) is 4. The lowest BCUT2D eigenvalue weighted by atomic mass is 9.88. The molecule has 0 unspecified atom stereocenters. The molecular formula is C10H14N2O2. The van der Waals surface area contributed by atoms with E-state index < -0.39 is 0 Å². The minimum atomic E-state index is -0.271. The zero-order valence-corrected chi connectivity index (χ0v) is 8.12. The first kappa shape index (κ1) is 9.45. The Morgan fingerprint density at radius 2 is 2.14 bits per heavy atom. The van der Waals surface area contributed by atoms with E-state index in [1.54, 1.807) is 7.11 Å². The number of rotatable bonds is 3. The van der Waals surface area contributed by atoms with E-state index in [0.717, 1.165) is 11.3 Å². The molecule has 1 aromatic rings. The summed E-state index contributed by atoms with van der Waals surface area (Å²) >= 11 is 0. The second-order valence-electron chi connectivity index (χ2n) is 3.42. The van der Waals surface area contributed by atoms with Gasteiger partial charge in [0.1, 0.15) is 11.3 Å². The van der Waals surface area contributed by atoms with Gasteiger partial charge in [-0.1, -0.05) is 18.2 Å². The van der Waals surface area contributed by atoms with Crippen LogP contribution in [0.5, 0.6) is 5.75 Å². The van der Waals surface area contributed by atoms with Crippen LogP contribution < -0.4 is 16.0 Å². The number of nitrogens with two attached hydrogens (primary N) is 1. The minimum Gasteiger partial charge on any atom is -0.496 e. The molecule has 1 fully saturated rings. The molecule has 1 heterocycles. The third-order valence-corrected chi connectivity index (χ3v) is 2.60. The Kier molecular flexibility index (Phi) is 2.41. The van der Waals surface area contributed by atoms with Crippen molar-refractivity contribution >= 4 is 0 Å². The Morgan fingerprint density at radius 1 is 1.43 bits per heavy atom. The van der Waals surface area contributed by atoms with Crippen molar-refractivity contribution in [3.63, 3.8) is 0 Å². The van der Waals surface area contributed by atoms with Gasteiger partial charge in [0.15, 0.2) is 0 Å². The van der Waals surface area contributed by atoms with E-state index in [4.69, 9.17) is 15.3 Å². The van der Waals surface area contributed by atoms with Crippen LogP contribution in [0.15, 0.2) is 24.3 Å². The smallest absolute Gasteiger partial charge is 0.124 e. The molecule has 3 N–H and O–H groups in total. The summed E-state index contributed by atoms with van der Waals surface area (Å²) < 4.78 is 10.5. The Labute approximate surface area is 83.0 Å². The topological polar surface area (TPSA) is 56.5 Å². The zero-order valence-electron chi connectivity index (χ0n) is 8.12. The van der Waals surface area contributed by atoms with Crippen molar-refractivity contribution < 1.29 is 9.47 Å². The highest BCUT2D eigenvalue weighted by atomic mass is 16.5. The molecule has 4 nitrogen and oxygen atoms in total. The number of nitrogens with one attached hydrogen (secondary N) is 1. The number of hydrogen-bond donors (Lipinski definition) is 2. The summed E-state index contributed by atoms with van der Waals surface area (Å²) in [6, 6.07) is 7.83. The quantitative estimate of drug-likeness (QED) is 0.539. The lowest BCUT2D eigenvalue weighted by Gasteiger charge is -2.41. The van der Waals surface area contributed by atoms with Gasteiger partial charge < -0.3 is 9.47 Å². The van der Waals surface area contributed by atoms with Crippen molar-refractivity contribution in [1.82, 2.24) is 5.43 Å². The van der Waals surface area contributed by atoms with E-state index in [1.807, 2.05) is 24.3 Å². The van der Waals surface area contributed by atoms with Gasteiger partial charge >= 0.3 is 0 Å². The molecular weight excluding hydrogens is 180 g/mol. The summed E-state index contributed by atoms with van der Waals surface area (Å²) in [5.74, 6) is 6.38. The fourth-order valence-corrected chi connectivity index (χ4v) is 1.66. The van der Waals surface area contributed by atoms with Crippen LogP contribution >= 0.6 is 0 Å².